The van der Waals surface area contributed by atoms with Gasteiger partial charge >= 0.3 is 0 Å². The minimum atomic E-state index is 0.0807. The zero-order valence-electron chi connectivity index (χ0n) is 11.1. The molecule has 0 radical (unpaired) electrons. The summed E-state index contributed by atoms with van der Waals surface area (Å²) < 4.78 is 5.68. The van der Waals surface area contributed by atoms with Crippen LogP contribution in [0.2, 0.25) is 0 Å². The maximum Gasteiger partial charge on any atom is 0.142 e. The van der Waals surface area contributed by atoms with Crippen molar-refractivity contribution in [3.05, 3.63) is 47.4 Å². The number of benzene rings is 1. The van der Waals surface area contributed by atoms with Gasteiger partial charge < -0.3 is 10.5 Å². The number of nitrogens with zero attached hydrogens (tertiary/aromatic N) is 2. The molecule has 2 heterocycles. The fraction of sp³-hybridized carbons (Fsp3) is 0.333. The zero-order valence-corrected chi connectivity index (χ0v) is 11.1. The van der Waals surface area contributed by atoms with Crippen molar-refractivity contribution in [2.24, 2.45) is 0 Å². The summed E-state index contributed by atoms with van der Waals surface area (Å²) in [4.78, 5) is 9.03. The molecule has 1 aliphatic rings. The van der Waals surface area contributed by atoms with Crippen LogP contribution in [0.25, 0.3) is 0 Å². The molecule has 0 bridgehead atoms. The van der Waals surface area contributed by atoms with Crippen LogP contribution in [-0.2, 0) is 0 Å². The summed E-state index contributed by atoms with van der Waals surface area (Å²) in [7, 11) is 0. The lowest BCUT2D eigenvalue weighted by molar-refractivity contribution is 0.339. The molecule has 1 aromatic carbocycles. The van der Waals surface area contributed by atoms with Crippen LogP contribution >= 0.6 is 0 Å². The number of hydrogen-bond donors (Lipinski definition) is 1. The van der Waals surface area contributed by atoms with Gasteiger partial charge in [-0.3, -0.25) is 0 Å². The van der Waals surface area contributed by atoms with Crippen molar-refractivity contribution in [3.8, 4) is 5.75 Å². The lowest BCUT2D eigenvalue weighted by atomic mass is 10.00. The highest BCUT2D eigenvalue weighted by atomic mass is 16.5. The third kappa shape index (κ3) is 2.14. The molecule has 3 rings (SSSR count). The van der Waals surface area contributed by atoms with E-state index in [0.29, 0.717) is 18.3 Å². The van der Waals surface area contributed by atoms with Gasteiger partial charge in [-0.2, -0.15) is 0 Å². The number of rotatable bonds is 2. The van der Waals surface area contributed by atoms with Gasteiger partial charge in [-0.15, -0.1) is 0 Å². The maximum atomic E-state index is 5.89. The van der Waals surface area contributed by atoms with Gasteiger partial charge in [0.1, 0.15) is 24.0 Å². The van der Waals surface area contributed by atoms with E-state index in [1.54, 1.807) is 0 Å². The Morgan fingerprint density at radius 1 is 1.26 bits per heavy atom. The van der Waals surface area contributed by atoms with Gasteiger partial charge in [-0.25, -0.2) is 9.97 Å². The van der Waals surface area contributed by atoms with Gasteiger partial charge in [-0.1, -0.05) is 32.0 Å². The van der Waals surface area contributed by atoms with Crippen molar-refractivity contribution in [3.63, 3.8) is 0 Å². The Kier molecular flexibility index (Phi) is 2.85. The molecule has 1 atom stereocenters. The Morgan fingerprint density at radius 2 is 2.05 bits per heavy atom. The first kappa shape index (κ1) is 12.0. The number of aromatic nitrogens is 2. The van der Waals surface area contributed by atoms with Gasteiger partial charge in [0.25, 0.3) is 0 Å². The highest BCUT2D eigenvalue weighted by Gasteiger charge is 2.28. The first-order valence-corrected chi connectivity index (χ1v) is 6.51. The van der Waals surface area contributed by atoms with Crippen molar-refractivity contribution >= 4 is 5.82 Å². The Morgan fingerprint density at radius 3 is 2.84 bits per heavy atom. The van der Waals surface area contributed by atoms with Gasteiger partial charge in [0.2, 0.25) is 0 Å². The molecule has 1 aromatic heterocycles. The van der Waals surface area contributed by atoms with Gasteiger partial charge in [0, 0.05) is 17.3 Å². The molecule has 2 aromatic rings. The van der Waals surface area contributed by atoms with Gasteiger partial charge in [-0.05, 0) is 12.0 Å². The molecule has 0 saturated heterocycles. The van der Waals surface area contributed by atoms with Gasteiger partial charge in [0.05, 0.1) is 5.92 Å². The Bertz CT molecular complexity index is 610. The minimum Gasteiger partial charge on any atom is -0.492 e. The molecule has 2 N–H and O–H groups in total. The fourth-order valence-corrected chi connectivity index (χ4v) is 2.33. The van der Waals surface area contributed by atoms with E-state index in [9.17, 15) is 0 Å². The first-order valence-electron chi connectivity index (χ1n) is 6.51. The van der Waals surface area contributed by atoms with Crippen LogP contribution in [0, 0.1) is 0 Å². The lowest BCUT2D eigenvalue weighted by Crippen LogP contribution is -2.11. The van der Waals surface area contributed by atoms with E-state index in [1.165, 1.54) is 0 Å². The van der Waals surface area contributed by atoms with Crippen LogP contribution in [0.15, 0.2) is 30.3 Å². The Hall–Kier alpha value is -2.10. The smallest absolute Gasteiger partial charge is 0.142 e. The average Bonchev–Trinajstić information content (AvgIpc) is 2.81. The number of anilines is 1. The van der Waals surface area contributed by atoms with E-state index in [4.69, 9.17) is 10.5 Å². The largest absolute Gasteiger partial charge is 0.492 e. The quantitative estimate of drug-likeness (QED) is 0.896. The van der Waals surface area contributed by atoms with E-state index >= 15 is 0 Å². The second-order valence-corrected chi connectivity index (χ2v) is 5.13. The number of fused-ring (bicyclic) bond motifs is 1. The van der Waals surface area contributed by atoms with Crippen molar-refractivity contribution in [2.75, 3.05) is 12.3 Å². The molecule has 19 heavy (non-hydrogen) atoms. The molecular weight excluding hydrogens is 238 g/mol. The fourth-order valence-electron chi connectivity index (χ4n) is 2.33. The third-order valence-corrected chi connectivity index (χ3v) is 3.39. The third-order valence-electron chi connectivity index (χ3n) is 3.39. The van der Waals surface area contributed by atoms with E-state index in [-0.39, 0.29) is 5.92 Å². The van der Waals surface area contributed by atoms with Crippen LogP contribution in [0.1, 0.15) is 42.8 Å². The van der Waals surface area contributed by atoms with E-state index < -0.39 is 0 Å². The highest BCUT2D eigenvalue weighted by molar-refractivity contribution is 5.44. The summed E-state index contributed by atoms with van der Waals surface area (Å²) in [6, 6.07) is 9.87. The normalized spacial score (nSPS) is 17.3. The lowest BCUT2D eigenvalue weighted by Gasteiger charge is -2.12. The molecule has 0 aliphatic carbocycles. The summed E-state index contributed by atoms with van der Waals surface area (Å²) in [6.45, 7) is 4.79. The number of nitrogen functional groups attached to an aromatic ring is 1. The van der Waals surface area contributed by atoms with Crippen LogP contribution in [0.5, 0.6) is 5.75 Å². The summed E-state index contributed by atoms with van der Waals surface area (Å²) >= 11 is 0. The molecule has 0 amide bonds. The molecule has 1 unspecified atom stereocenters. The van der Waals surface area contributed by atoms with E-state index in [2.05, 4.69) is 29.9 Å². The molecule has 0 spiro atoms. The van der Waals surface area contributed by atoms with Crippen LogP contribution in [-0.4, -0.2) is 16.6 Å². The standard InChI is InChI=1S/C15H17N3O/c1-9(2)12-7-14(16)18-15(17-12)11-8-19-13-6-4-3-5-10(11)13/h3-7,9,11H,8H2,1-2H3,(H2,16,17,18). The number of nitrogens with two attached hydrogens (primary N) is 1. The monoisotopic (exact) mass is 255 g/mol. The van der Waals surface area contributed by atoms with Crippen molar-refractivity contribution < 1.29 is 4.74 Å². The van der Waals surface area contributed by atoms with Crippen LogP contribution in [0.3, 0.4) is 0 Å². The number of hydrogen-bond acceptors (Lipinski definition) is 4. The summed E-state index contributed by atoms with van der Waals surface area (Å²) in [5, 5.41) is 0. The number of para-hydroxylation sites is 1. The molecule has 4 nitrogen and oxygen atoms in total. The minimum absolute atomic E-state index is 0.0807. The van der Waals surface area contributed by atoms with E-state index in [1.807, 2.05) is 24.3 Å². The van der Waals surface area contributed by atoms with Crippen molar-refractivity contribution in [1.29, 1.82) is 0 Å². The first-order chi connectivity index (χ1) is 9.15. The highest BCUT2D eigenvalue weighted by Crippen LogP contribution is 2.36. The SMILES string of the molecule is CC(C)c1cc(N)nc(C2COc3ccccc32)n1. The molecule has 4 heteroatoms. The van der Waals surface area contributed by atoms with E-state index in [0.717, 1.165) is 22.8 Å². The topological polar surface area (TPSA) is 61.0 Å². The van der Waals surface area contributed by atoms with Gasteiger partial charge in [0.15, 0.2) is 0 Å². The molecule has 0 saturated carbocycles. The Balaban J connectivity index is 2.04. The van der Waals surface area contributed by atoms with Crippen LogP contribution < -0.4 is 10.5 Å². The predicted octanol–water partition coefficient (Wildman–Crippen LogP) is 2.71. The maximum absolute atomic E-state index is 5.89. The number of ether oxygens (including phenoxy) is 1. The summed E-state index contributed by atoms with van der Waals surface area (Å²) in [6.07, 6.45) is 0. The predicted molar refractivity (Wildman–Crippen MR) is 74.3 cm³/mol. The molecule has 98 valence electrons. The molecule has 1 aliphatic heterocycles. The van der Waals surface area contributed by atoms with Crippen molar-refractivity contribution in [2.45, 2.75) is 25.7 Å². The second kappa shape index (κ2) is 4.53. The van der Waals surface area contributed by atoms with Crippen LogP contribution in [0.4, 0.5) is 5.82 Å². The Labute approximate surface area is 112 Å². The summed E-state index contributed by atoms with van der Waals surface area (Å²) in [5.41, 5.74) is 8.01. The molecule has 0 fully saturated rings. The molecular formula is C15H17N3O. The zero-order chi connectivity index (χ0) is 13.4. The average molecular weight is 255 g/mol. The summed E-state index contributed by atoms with van der Waals surface area (Å²) in [5.74, 6) is 2.62. The second-order valence-electron chi connectivity index (χ2n) is 5.13. The van der Waals surface area contributed by atoms with Crippen molar-refractivity contribution in [1.82, 2.24) is 9.97 Å².